The van der Waals surface area contributed by atoms with Crippen molar-refractivity contribution in [2.24, 2.45) is 28.8 Å². The molecule has 2 heterocycles. The van der Waals surface area contributed by atoms with Crippen LogP contribution in [0, 0.1) is 23.7 Å². The quantitative estimate of drug-likeness (QED) is 0.342. The van der Waals surface area contributed by atoms with Gasteiger partial charge >= 0.3 is 5.97 Å². The zero-order chi connectivity index (χ0) is 31.3. The summed E-state index contributed by atoms with van der Waals surface area (Å²) in [6.07, 6.45) is -0.774. The minimum atomic E-state index is -1.75. The summed E-state index contributed by atoms with van der Waals surface area (Å²) >= 11 is 0. The number of nitrogens with zero attached hydrogens (tertiary/aromatic N) is 1. The Morgan fingerprint density at radius 1 is 0.927 bits per heavy atom. The third-order valence-corrected chi connectivity index (χ3v) is 9.44. The Labute approximate surface area is 247 Å². The maximum Gasteiger partial charge on any atom is 0.311 e. The lowest BCUT2D eigenvalue weighted by Gasteiger charge is -2.44. The number of hydrogen-bond acceptors (Lipinski definition) is 10. The number of aliphatic hydroxyl groups excluding tert-OH is 1. The van der Waals surface area contributed by atoms with Crippen LogP contribution in [-0.4, -0.2) is 90.7 Å². The lowest BCUT2D eigenvalue weighted by atomic mass is 9.75. The highest BCUT2D eigenvalue weighted by Gasteiger charge is 2.48. The van der Waals surface area contributed by atoms with Gasteiger partial charge in [-0.3, -0.25) is 4.79 Å². The van der Waals surface area contributed by atoms with E-state index in [9.17, 15) is 15.0 Å². The molecule has 0 spiro atoms. The molecule has 0 amide bonds. The number of aliphatic hydroxyl groups is 2. The van der Waals surface area contributed by atoms with E-state index in [-0.39, 0.29) is 17.9 Å². The fraction of sp³-hybridized carbons (Fsp3) is 0.935. The second-order valence-corrected chi connectivity index (χ2v) is 13.3. The minimum Gasteiger partial charge on any atom is -0.459 e. The Morgan fingerprint density at radius 2 is 1.51 bits per heavy atom. The normalized spacial score (nSPS) is 46.5. The van der Waals surface area contributed by atoms with E-state index in [0.29, 0.717) is 31.4 Å². The van der Waals surface area contributed by atoms with Crippen LogP contribution in [0.25, 0.3) is 0 Å². The van der Waals surface area contributed by atoms with Crippen LogP contribution in [0.3, 0.4) is 0 Å². The van der Waals surface area contributed by atoms with Crippen molar-refractivity contribution in [3.8, 4) is 0 Å². The molecule has 2 saturated heterocycles. The Balaban J connectivity index is 2.57. The van der Waals surface area contributed by atoms with Crippen LogP contribution in [-0.2, 0) is 33.3 Å². The predicted molar refractivity (Wildman–Crippen MR) is 156 cm³/mol. The highest BCUT2D eigenvalue weighted by atomic mass is 16.7. The molecule has 0 aromatic rings. The molecule has 0 aromatic carbocycles. The van der Waals surface area contributed by atoms with E-state index in [1.165, 1.54) is 14.0 Å². The molecule has 12 atom stereocenters. The fourth-order valence-electron chi connectivity index (χ4n) is 6.95. The first-order chi connectivity index (χ1) is 19.0. The van der Waals surface area contributed by atoms with Gasteiger partial charge in [-0.05, 0) is 59.8 Å². The van der Waals surface area contributed by atoms with Gasteiger partial charge in [0.1, 0.15) is 18.8 Å². The molecule has 2 aliphatic rings. The van der Waals surface area contributed by atoms with Crippen molar-refractivity contribution in [2.75, 3.05) is 21.3 Å². The smallest absolute Gasteiger partial charge is 0.311 e. The molecular formula is C31H57NO9. The average molecular weight is 588 g/mol. The molecule has 10 heteroatoms. The van der Waals surface area contributed by atoms with Crippen molar-refractivity contribution in [3.05, 3.63) is 0 Å². The van der Waals surface area contributed by atoms with Gasteiger partial charge in [0.15, 0.2) is 6.29 Å². The number of esters is 1. The van der Waals surface area contributed by atoms with Crippen LogP contribution in [0.2, 0.25) is 0 Å². The third kappa shape index (κ3) is 8.63. The van der Waals surface area contributed by atoms with Crippen LogP contribution in [0.4, 0.5) is 0 Å². The van der Waals surface area contributed by atoms with Crippen LogP contribution < -0.4 is 0 Å². The van der Waals surface area contributed by atoms with Crippen molar-refractivity contribution in [3.63, 3.8) is 0 Å². The molecule has 240 valence electrons. The number of carbonyl (C=O) groups is 1. The van der Waals surface area contributed by atoms with Gasteiger partial charge in [-0.15, -0.1) is 0 Å². The van der Waals surface area contributed by atoms with Gasteiger partial charge in [-0.2, -0.15) is 0 Å². The summed E-state index contributed by atoms with van der Waals surface area (Å²) in [5, 5.41) is 27.3. The van der Waals surface area contributed by atoms with Gasteiger partial charge in [-0.1, -0.05) is 32.9 Å². The average Bonchev–Trinajstić information content (AvgIpc) is 2.90. The number of oxime groups is 1. The van der Waals surface area contributed by atoms with Crippen molar-refractivity contribution in [1.82, 2.24) is 0 Å². The maximum atomic E-state index is 13.7. The largest absolute Gasteiger partial charge is 0.459 e. The topological polar surface area (TPSA) is 125 Å². The molecule has 0 saturated carbocycles. The second kappa shape index (κ2) is 14.4. The van der Waals surface area contributed by atoms with E-state index in [1.54, 1.807) is 28.1 Å². The first-order valence-electron chi connectivity index (χ1n) is 15.1. The molecule has 0 bridgehead atoms. The molecule has 0 unspecified atom stereocenters. The van der Waals surface area contributed by atoms with Crippen molar-refractivity contribution in [1.29, 1.82) is 0 Å². The molecule has 10 nitrogen and oxygen atoms in total. The molecule has 0 aromatic heterocycles. The molecule has 0 aliphatic carbocycles. The number of methoxy groups -OCH3 is 2. The van der Waals surface area contributed by atoms with Crippen LogP contribution >= 0.6 is 0 Å². The molecule has 41 heavy (non-hydrogen) atoms. The van der Waals surface area contributed by atoms with E-state index < -0.39 is 59.2 Å². The highest BCUT2D eigenvalue weighted by Crippen LogP contribution is 2.39. The number of ether oxygens (including phenoxy) is 5. The number of rotatable bonds is 6. The molecule has 2 aliphatic heterocycles. The van der Waals surface area contributed by atoms with Crippen LogP contribution in [0.5, 0.6) is 0 Å². The monoisotopic (exact) mass is 587 g/mol. The molecule has 2 rings (SSSR count). The van der Waals surface area contributed by atoms with Gasteiger partial charge in [0, 0.05) is 38.9 Å². The molecule has 0 radical (unpaired) electrons. The summed E-state index contributed by atoms with van der Waals surface area (Å²) < 4.78 is 30.6. The van der Waals surface area contributed by atoms with Gasteiger partial charge in [0.2, 0.25) is 0 Å². The maximum absolute atomic E-state index is 13.7. The Hall–Kier alpha value is -1.30. The minimum absolute atomic E-state index is 0.0820. The van der Waals surface area contributed by atoms with Gasteiger partial charge < -0.3 is 38.7 Å². The summed E-state index contributed by atoms with van der Waals surface area (Å²) in [6, 6.07) is 0. The summed E-state index contributed by atoms with van der Waals surface area (Å²) in [6.45, 7) is 17.0. The lowest BCUT2D eigenvalue weighted by molar-refractivity contribution is -0.266. The molecule has 2 fully saturated rings. The zero-order valence-corrected chi connectivity index (χ0v) is 27.4. The number of hydrogen-bond donors (Lipinski definition) is 2. The first-order valence-corrected chi connectivity index (χ1v) is 15.1. The van der Waals surface area contributed by atoms with E-state index in [1.807, 2.05) is 41.5 Å². The summed E-state index contributed by atoms with van der Waals surface area (Å²) in [4.78, 5) is 18.9. The van der Waals surface area contributed by atoms with E-state index in [4.69, 9.17) is 28.5 Å². The molecular weight excluding hydrogens is 530 g/mol. The Bertz CT molecular complexity index is 882. The summed E-state index contributed by atoms with van der Waals surface area (Å²) in [7, 11) is 4.83. The fourth-order valence-corrected chi connectivity index (χ4v) is 6.95. The number of cyclic esters (lactones) is 1. The van der Waals surface area contributed by atoms with Gasteiger partial charge in [-0.25, -0.2) is 0 Å². The van der Waals surface area contributed by atoms with E-state index >= 15 is 0 Å². The van der Waals surface area contributed by atoms with E-state index in [2.05, 4.69) is 5.16 Å². The molecule has 2 N–H and O–H groups in total. The van der Waals surface area contributed by atoms with Crippen molar-refractivity contribution >= 4 is 11.7 Å². The van der Waals surface area contributed by atoms with Crippen molar-refractivity contribution < 1.29 is 43.5 Å². The van der Waals surface area contributed by atoms with Crippen LogP contribution in [0.15, 0.2) is 5.16 Å². The van der Waals surface area contributed by atoms with Crippen LogP contribution in [0.1, 0.15) is 94.4 Å². The number of carbonyl (C=O) groups excluding carboxylic acids is 1. The standard InChI is InChI=1S/C31H57NO9/c1-13-23-31(9,35)27(33)21(5)25(32-38-12)18(2)14-29(7,36-10)15-19(3)26(22(6)28(34)40-23)41-24-17-30(8,37-11)16-20(4)39-24/h18-24,26-27,33,35H,13-17H2,1-12H3/b32-25-/t18-,19-,20+,21+,22-,23-,24+,26+,27-,29-,30+,31-/m1/s1. The lowest BCUT2D eigenvalue weighted by Crippen LogP contribution is -2.56. The highest BCUT2D eigenvalue weighted by molar-refractivity contribution is 5.88. The second-order valence-electron chi connectivity index (χ2n) is 13.3. The van der Waals surface area contributed by atoms with E-state index in [0.717, 1.165) is 6.42 Å². The predicted octanol–water partition coefficient (Wildman–Crippen LogP) is 4.48. The summed E-state index contributed by atoms with van der Waals surface area (Å²) in [5.41, 5.74) is -2.19. The zero-order valence-electron chi connectivity index (χ0n) is 27.4. The first kappa shape index (κ1) is 35.9. The van der Waals surface area contributed by atoms with Crippen molar-refractivity contribution in [2.45, 2.75) is 142 Å². The Kier molecular flexibility index (Phi) is 12.6. The van der Waals surface area contributed by atoms with Gasteiger partial charge in [0.25, 0.3) is 0 Å². The SMILES string of the molecule is CC[C@H]1OC(=O)[C@H](C)[C@@H](O[C@H]2C[C@@](C)(OC)C[C@H](C)O2)[C@H](C)C[C@](C)(OC)C[C@@H](C)/C(=N/OC)[C@H](C)[C@@H](O)[C@]1(C)O. The Morgan fingerprint density at radius 3 is 2.05 bits per heavy atom. The summed E-state index contributed by atoms with van der Waals surface area (Å²) in [5.74, 6) is -2.07. The van der Waals surface area contributed by atoms with Gasteiger partial charge in [0.05, 0.1) is 41.1 Å². The third-order valence-electron chi connectivity index (χ3n) is 9.44.